The summed E-state index contributed by atoms with van der Waals surface area (Å²) in [5.41, 5.74) is 10.2. The number of fused-ring (bicyclic) bond motifs is 1. The summed E-state index contributed by atoms with van der Waals surface area (Å²) in [6.45, 7) is 0. The van der Waals surface area contributed by atoms with E-state index in [2.05, 4.69) is 8.75 Å². The lowest BCUT2D eigenvalue weighted by atomic mass is 10.0. The smallest absolute Gasteiger partial charge is 0.112 e. The summed E-state index contributed by atoms with van der Waals surface area (Å²) in [6, 6.07) is 11.5. The van der Waals surface area contributed by atoms with Crippen LogP contribution in [-0.4, -0.2) is 8.75 Å². The largest absolute Gasteiger partial charge is 0.397 e. The van der Waals surface area contributed by atoms with Crippen LogP contribution in [0, 0.1) is 0 Å². The van der Waals surface area contributed by atoms with Crippen molar-refractivity contribution in [2.45, 2.75) is 0 Å². The molecule has 2 aromatic carbocycles. The van der Waals surface area contributed by atoms with E-state index in [1.165, 1.54) is 11.7 Å². The first-order chi connectivity index (χ1) is 8.27. The van der Waals surface area contributed by atoms with Crippen LogP contribution in [0.15, 0.2) is 36.4 Å². The maximum Gasteiger partial charge on any atom is 0.112 e. The third-order valence-electron chi connectivity index (χ3n) is 2.63. The average Bonchev–Trinajstić information content (AvgIpc) is 2.81. The van der Waals surface area contributed by atoms with Crippen molar-refractivity contribution in [3.8, 4) is 11.1 Å². The predicted octanol–water partition coefficient (Wildman–Crippen LogP) is 3.59. The van der Waals surface area contributed by atoms with Crippen LogP contribution in [0.2, 0.25) is 5.02 Å². The molecule has 3 aromatic rings. The monoisotopic (exact) mass is 261 g/mol. The van der Waals surface area contributed by atoms with Crippen molar-refractivity contribution >= 4 is 40.0 Å². The van der Waals surface area contributed by atoms with Gasteiger partial charge in [-0.25, -0.2) is 0 Å². The van der Waals surface area contributed by atoms with Gasteiger partial charge in [0.25, 0.3) is 0 Å². The summed E-state index contributed by atoms with van der Waals surface area (Å²) in [6.07, 6.45) is 0. The molecular formula is C12H8ClN3S. The Morgan fingerprint density at radius 2 is 1.76 bits per heavy atom. The average molecular weight is 262 g/mol. The van der Waals surface area contributed by atoms with Crippen LogP contribution in [0.4, 0.5) is 5.69 Å². The van der Waals surface area contributed by atoms with Crippen LogP contribution in [0.25, 0.3) is 22.2 Å². The quantitative estimate of drug-likeness (QED) is 0.681. The normalized spacial score (nSPS) is 10.9. The number of para-hydroxylation sites is 1. The van der Waals surface area contributed by atoms with Crippen LogP contribution in [-0.2, 0) is 0 Å². The van der Waals surface area contributed by atoms with Crippen molar-refractivity contribution in [3.05, 3.63) is 41.4 Å². The Kier molecular flexibility index (Phi) is 2.46. The van der Waals surface area contributed by atoms with E-state index in [-0.39, 0.29) is 0 Å². The van der Waals surface area contributed by atoms with Gasteiger partial charge in [0.1, 0.15) is 11.0 Å². The molecule has 0 spiro atoms. The molecule has 0 saturated carbocycles. The number of benzene rings is 2. The Hall–Kier alpha value is -1.65. The predicted molar refractivity (Wildman–Crippen MR) is 72.3 cm³/mol. The first kappa shape index (κ1) is 10.5. The van der Waals surface area contributed by atoms with Crippen LogP contribution in [0.5, 0.6) is 0 Å². The Bertz CT molecular complexity index is 693. The molecule has 0 aliphatic heterocycles. The number of hydrogen-bond donors (Lipinski definition) is 1. The third kappa shape index (κ3) is 1.66. The fourth-order valence-corrected chi connectivity index (χ4v) is 2.52. The molecule has 2 N–H and O–H groups in total. The van der Waals surface area contributed by atoms with E-state index in [1.54, 1.807) is 6.07 Å². The minimum absolute atomic E-state index is 0.558. The van der Waals surface area contributed by atoms with E-state index in [0.29, 0.717) is 10.7 Å². The summed E-state index contributed by atoms with van der Waals surface area (Å²) in [5, 5.41) is 0.558. The highest BCUT2D eigenvalue weighted by Crippen LogP contribution is 2.34. The second-order valence-corrected chi connectivity index (χ2v) is 4.57. The number of rotatable bonds is 1. The molecule has 0 atom stereocenters. The number of halogens is 1. The topological polar surface area (TPSA) is 51.8 Å². The van der Waals surface area contributed by atoms with Crippen molar-refractivity contribution in [2.24, 2.45) is 0 Å². The van der Waals surface area contributed by atoms with Crippen molar-refractivity contribution in [1.29, 1.82) is 0 Å². The molecule has 17 heavy (non-hydrogen) atoms. The lowest BCUT2D eigenvalue weighted by molar-refractivity contribution is 1.59. The highest BCUT2D eigenvalue weighted by molar-refractivity contribution is 7.00. The van der Waals surface area contributed by atoms with Crippen LogP contribution in [0.3, 0.4) is 0 Å². The molecular weight excluding hydrogens is 254 g/mol. The van der Waals surface area contributed by atoms with E-state index < -0.39 is 0 Å². The molecule has 0 aliphatic carbocycles. The maximum absolute atomic E-state index is 6.03. The SMILES string of the molecule is Nc1c(Cl)cccc1-c1cccc2nsnc12. The maximum atomic E-state index is 6.03. The van der Waals surface area contributed by atoms with Gasteiger partial charge in [0, 0.05) is 11.1 Å². The van der Waals surface area contributed by atoms with Crippen molar-refractivity contribution in [1.82, 2.24) is 8.75 Å². The second kappa shape index (κ2) is 3.98. The molecule has 0 saturated heterocycles. The van der Waals surface area contributed by atoms with Gasteiger partial charge in [-0.1, -0.05) is 35.9 Å². The summed E-state index contributed by atoms with van der Waals surface area (Å²) in [7, 11) is 0. The van der Waals surface area contributed by atoms with Gasteiger partial charge in [-0.15, -0.1) is 0 Å². The Morgan fingerprint density at radius 3 is 2.65 bits per heavy atom. The molecule has 0 radical (unpaired) electrons. The minimum atomic E-state index is 0.558. The number of hydrogen-bond acceptors (Lipinski definition) is 4. The molecule has 0 amide bonds. The zero-order chi connectivity index (χ0) is 11.8. The van der Waals surface area contributed by atoms with E-state index in [9.17, 15) is 0 Å². The first-order valence-electron chi connectivity index (χ1n) is 5.03. The molecule has 0 bridgehead atoms. The second-order valence-electron chi connectivity index (χ2n) is 3.64. The molecule has 3 nitrogen and oxygen atoms in total. The number of aromatic nitrogens is 2. The van der Waals surface area contributed by atoms with E-state index in [1.807, 2.05) is 30.3 Å². The van der Waals surface area contributed by atoms with Crippen molar-refractivity contribution < 1.29 is 0 Å². The van der Waals surface area contributed by atoms with E-state index in [0.717, 1.165) is 22.2 Å². The highest BCUT2D eigenvalue weighted by Gasteiger charge is 2.11. The Labute approximate surface area is 107 Å². The molecule has 5 heteroatoms. The summed E-state index contributed by atoms with van der Waals surface area (Å²) < 4.78 is 8.51. The van der Waals surface area contributed by atoms with Gasteiger partial charge in [0.2, 0.25) is 0 Å². The van der Waals surface area contributed by atoms with Crippen molar-refractivity contribution in [3.63, 3.8) is 0 Å². The van der Waals surface area contributed by atoms with Gasteiger partial charge < -0.3 is 5.73 Å². The number of nitrogen functional groups attached to an aromatic ring is 1. The Balaban J connectivity index is 2.34. The van der Waals surface area contributed by atoms with Gasteiger partial charge in [-0.3, -0.25) is 0 Å². The highest BCUT2D eigenvalue weighted by atomic mass is 35.5. The van der Waals surface area contributed by atoms with Crippen molar-refractivity contribution in [2.75, 3.05) is 5.73 Å². The Morgan fingerprint density at radius 1 is 1.00 bits per heavy atom. The standard InChI is InChI=1S/C12H8ClN3S/c13-9-5-1-3-7(11(9)14)8-4-2-6-10-12(8)16-17-15-10/h1-6H,14H2. The van der Waals surface area contributed by atoms with Gasteiger partial charge >= 0.3 is 0 Å². The number of nitrogens with two attached hydrogens (primary N) is 1. The third-order valence-corrected chi connectivity index (χ3v) is 3.50. The van der Waals surface area contributed by atoms with Gasteiger partial charge in [-0.2, -0.15) is 8.75 Å². The van der Waals surface area contributed by atoms with E-state index >= 15 is 0 Å². The minimum Gasteiger partial charge on any atom is -0.397 e. The van der Waals surface area contributed by atoms with Gasteiger partial charge in [0.15, 0.2) is 0 Å². The van der Waals surface area contributed by atoms with Crippen LogP contribution >= 0.6 is 23.3 Å². The fourth-order valence-electron chi connectivity index (χ4n) is 1.80. The fraction of sp³-hybridized carbons (Fsp3) is 0. The molecule has 0 aliphatic rings. The summed E-state index contributed by atoms with van der Waals surface area (Å²) >= 11 is 7.23. The van der Waals surface area contributed by atoms with Gasteiger partial charge in [0.05, 0.1) is 22.4 Å². The number of anilines is 1. The molecule has 0 fully saturated rings. The lowest BCUT2D eigenvalue weighted by Crippen LogP contribution is -1.91. The molecule has 1 aromatic heterocycles. The molecule has 0 unspecified atom stereocenters. The first-order valence-corrected chi connectivity index (χ1v) is 6.14. The van der Waals surface area contributed by atoms with Crippen LogP contribution < -0.4 is 5.73 Å². The lowest BCUT2D eigenvalue weighted by Gasteiger charge is -2.07. The zero-order valence-electron chi connectivity index (χ0n) is 8.72. The van der Waals surface area contributed by atoms with Crippen LogP contribution in [0.1, 0.15) is 0 Å². The zero-order valence-corrected chi connectivity index (χ0v) is 10.3. The molecule has 84 valence electrons. The number of nitrogens with zero attached hydrogens (tertiary/aromatic N) is 2. The van der Waals surface area contributed by atoms with E-state index in [4.69, 9.17) is 17.3 Å². The molecule has 3 rings (SSSR count). The molecule has 1 heterocycles. The summed E-state index contributed by atoms with van der Waals surface area (Å²) in [4.78, 5) is 0. The van der Waals surface area contributed by atoms with Gasteiger partial charge in [-0.05, 0) is 12.1 Å². The summed E-state index contributed by atoms with van der Waals surface area (Å²) in [5.74, 6) is 0.